The third-order valence-corrected chi connectivity index (χ3v) is 3.25. The van der Waals surface area contributed by atoms with Crippen LogP contribution in [-0.4, -0.2) is 16.8 Å². The van der Waals surface area contributed by atoms with E-state index in [-0.39, 0.29) is 12.0 Å². The number of hydrogen-bond donors (Lipinski definition) is 2. The average Bonchev–Trinajstić information content (AvgIpc) is 2.27. The van der Waals surface area contributed by atoms with Crippen molar-refractivity contribution >= 4 is 0 Å². The van der Waals surface area contributed by atoms with Crippen molar-refractivity contribution in [3.8, 4) is 5.75 Å². The largest absolute Gasteiger partial charge is 0.507 e. The molecule has 0 spiro atoms. The average molecular weight is 250 g/mol. The Hall–Kier alpha value is -1.02. The van der Waals surface area contributed by atoms with Crippen LogP contribution >= 0.6 is 0 Å². The fourth-order valence-corrected chi connectivity index (χ4v) is 2.22. The predicted octanol–water partition coefficient (Wildman–Crippen LogP) is 3.70. The van der Waals surface area contributed by atoms with Gasteiger partial charge < -0.3 is 10.2 Å². The first-order chi connectivity index (χ1) is 8.36. The Morgan fingerprint density at radius 2 is 1.72 bits per heavy atom. The van der Waals surface area contributed by atoms with Gasteiger partial charge in [0.25, 0.3) is 0 Å². The summed E-state index contributed by atoms with van der Waals surface area (Å²) in [6.07, 6.45) is 3.76. The van der Waals surface area contributed by atoms with Crippen LogP contribution in [-0.2, 0) is 11.8 Å². The molecule has 0 radical (unpaired) electrons. The van der Waals surface area contributed by atoms with Crippen LogP contribution in [0.4, 0.5) is 0 Å². The number of phenolic OH excluding ortho intramolecular Hbond substituents is 1. The Morgan fingerprint density at radius 1 is 1.06 bits per heavy atom. The van der Waals surface area contributed by atoms with Gasteiger partial charge in [0.2, 0.25) is 0 Å². The summed E-state index contributed by atoms with van der Waals surface area (Å²) in [7, 11) is 0. The van der Waals surface area contributed by atoms with Gasteiger partial charge in [-0.3, -0.25) is 0 Å². The fraction of sp³-hybridized carbons (Fsp3) is 0.625. The molecule has 1 aromatic carbocycles. The summed E-state index contributed by atoms with van der Waals surface area (Å²) in [4.78, 5) is 0. The molecule has 0 amide bonds. The number of phenols is 1. The predicted molar refractivity (Wildman–Crippen MR) is 76.2 cm³/mol. The highest BCUT2D eigenvalue weighted by Gasteiger charge is 2.20. The molecule has 0 heterocycles. The molecule has 2 nitrogen and oxygen atoms in total. The maximum atomic E-state index is 10.4. The Labute approximate surface area is 111 Å². The van der Waals surface area contributed by atoms with Crippen molar-refractivity contribution in [1.82, 2.24) is 0 Å². The molecule has 0 unspecified atom stereocenters. The topological polar surface area (TPSA) is 40.5 Å². The quantitative estimate of drug-likeness (QED) is 0.782. The molecule has 0 aliphatic rings. The zero-order valence-corrected chi connectivity index (χ0v) is 12.1. The van der Waals surface area contributed by atoms with E-state index >= 15 is 0 Å². The minimum absolute atomic E-state index is 0.0318. The van der Waals surface area contributed by atoms with Crippen molar-refractivity contribution in [3.63, 3.8) is 0 Å². The minimum Gasteiger partial charge on any atom is -0.507 e. The highest BCUT2D eigenvalue weighted by Crippen LogP contribution is 2.35. The van der Waals surface area contributed by atoms with Crippen LogP contribution in [0.2, 0.25) is 0 Å². The van der Waals surface area contributed by atoms with Crippen molar-refractivity contribution in [2.75, 3.05) is 6.61 Å². The van der Waals surface area contributed by atoms with Crippen LogP contribution < -0.4 is 0 Å². The zero-order valence-electron chi connectivity index (χ0n) is 12.1. The summed E-state index contributed by atoms with van der Waals surface area (Å²) in [5.74, 6) is 0.456. The van der Waals surface area contributed by atoms with Gasteiger partial charge in [0, 0.05) is 6.61 Å². The number of aliphatic hydroxyl groups excluding tert-OH is 1. The molecule has 0 saturated carbocycles. The van der Waals surface area contributed by atoms with E-state index in [1.165, 1.54) is 5.56 Å². The second-order valence-electron chi connectivity index (χ2n) is 6.10. The molecule has 0 aliphatic carbocycles. The molecule has 0 bridgehead atoms. The van der Waals surface area contributed by atoms with Crippen molar-refractivity contribution in [1.29, 1.82) is 0 Å². The highest BCUT2D eigenvalue weighted by molar-refractivity contribution is 5.46. The van der Waals surface area contributed by atoms with Crippen molar-refractivity contribution in [3.05, 3.63) is 28.8 Å². The van der Waals surface area contributed by atoms with E-state index in [2.05, 4.69) is 39.8 Å². The molecule has 2 N–H and O–H groups in total. The van der Waals surface area contributed by atoms with Gasteiger partial charge in [-0.25, -0.2) is 0 Å². The molecule has 0 atom stereocenters. The van der Waals surface area contributed by atoms with E-state index in [1.54, 1.807) is 0 Å². The van der Waals surface area contributed by atoms with Gasteiger partial charge >= 0.3 is 0 Å². The number of rotatable bonds is 5. The Balaban J connectivity index is 2.88. The van der Waals surface area contributed by atoms with Crippen LogP contribution in [0.15, 0.2) is 12.1 Å². The molecule has 1 rings (SSSR count). The Morgan fingerprint density at radius 3 is 2.28 bits per heavy atom. The first-order valence-electron chi connectivity index (χ1n) is 6.80. The molecule has 0 aliphatic heterocycles. The lowest BCUT2D eigenvalue weighted by Crippen LogP contribution is -2.12. The lowest BCUT2D eigenvalue weighted by Gasteiger charge is -2.23. The molecule has 0 fully saturated rings. The highest BCUT2D eigenvalue weighted by atomic mass is 16.3. The molecular formula is C16H26O2. The number of hydrogen-bond acceptors (Lipinski definition) is 2. The molecule has 18 heavy (non-hydrogen) atoms. The normalized spacial score (nSPS) is 11.8. The zero-order chi connectivity index (χ0) is 13.8. The standard InChI is InChI=1S/C16H26O2/c1-12-10-13(8-6-5-7-9-17)15(18)14(11-12)16(2,3)4/h10-11,17-18H,5-9H2,1-4H3. The van der Waals surface area contributed by atoms with Crippen LogP contribution in [0.1, 0.15) is 56.7 Å². The van der Waals surface area contributed by atoms with E-state index < -0.39 is 0 Å². The van der Waals surface area contributed by atoms with Gasteiger partial charge in [-0.1, -0.05) is 44.9 Å². The lowest BCUT2D eigenvalue weighted by molar-refractivity contribution is 0.283. The van der Waals surface area contributed by atoms with E-state index in [0.717, 1.165) is 36.8 Å². The van der Waals surface area contributed by atoms with Crippen LogP contribution in [0, 0.1) is 6.92 Å². The van der Waals surface area contributed by atoms with Gasteiger partial charge in [0.15, 0.2) is 0 Å². The first-order valence-corrected chi connectivity index (χ1v) is 6.80. The number of unbranched alkanes of at least 4 members (excludes halogenated alkanes) is 2. The number of aryl methyl sites for hydroxylation is 2. The van der Waals surface area contributed by atoms with Gasteiger partial charge in [-0.05, 0) is 42.7 Å². The summed E-state index contributed by atoms with van der Waals surface area (Å²) in [5.41, 5.74) is 3.24. The van der Waals surface area contributed by atoms with Gasteiger partial charge in [0.05, 0.1) is 0 Å². The number of benzene rings is 1. The molecule has 0 aromatic heterocycles. The lowest BCUT2D eigenvalue weighted by atomic mass is 9.83. The SMILES string of the molecule is Cc1cc(CCCCCO)c(O)c(C(C)(C)C)c1. The molecule has 0 saturated heterocycles. The third kappa shape index (κ3) is 4.02. The van der Waals surface area contributed by atoms with Crippen molar-refractivity contribution < 1.29 is 10.2 Å². The Kier molecular flexibility index (Phi) is 5.21. The summed E-state index contributed by atoms with van der Waals surface area (Å²) in [5, 5.41) is 19.1. The summed E-state index contributed by atoms with van der Waals surface area (Å²) in [6.45, 7) is 8.70. The van der Waals surface area contributed by atoms with Crippen LogP contribution in [0.3, 0.4) is 0 Å². The van der Waals surface area contributed by atoms with E-state index in [1.807, 2.05) is 0 Å². The number of aliphatic hydroxyl groups is 1. The summed E-state index contributed by atoms with van der Waals surface area (Å²) >= 11 is 0. The first kappa shape index (κ1) is 15.0. The van der Waals surface area contributed by atoms with E-state index in [9.17, 15) is 5.11 Å². The third-order valence-electron chi connectivity index (χ3n) is 3.25. The minimum atomic E-state index is -0.0318. The van der Waals surface area contributed by atoms with Gasteiger partial charge in [-0.2, -0.15) is 0 Å². The van der Waals surface area contributed by atoms with E-state index in [0.29, 0.717) is 5.75 Å². The molecule has 2 heteroatoms. The molecular weight excluding hydrogens is 224 g/mol. The molecule has 1 aromatic rings. The van der Waals surface area contributed by atoms with E-state index in [4.69, 9.17) is 5.11 Å². The summed E-state index contributed by atoms with van der Waals surface area (Å²) in [6, 6.07) is 4.15. The second kappa shape index (κ2) is 6.24. The maximum absolute atomic E-state index is 10.4. The Bertz CT molecular complexity index is 389. The van der Waals surface area contributed by atoms with Crippen LogP contribution in [0.25, 0.3) is 0 Å². The van der Waals surface area contributed by atoms with Crippen molar-refractivity contribution in [2.24, 2.45) is 0 Å². The fourth-order valence-electron chi connectivity index (χ4n) is 2.22. The summed E-state index contributed by atoms with van der Waals surface area (Å²) < 4.78 is 0. The van der Waals surface area contributed by atoms with Gasteiger partial charge in [0.1, 0.15) is 5.75 Å². The van der Waals surface area contributed by atoms with Crippen LogP contribution in [0.5, 0.6) is 5.75 Å². The van der Waals surface area contributed by atoms with Gasteiger partial charge in [-0.15, -0.1) is 0 Å². The smallest absolute Gasteiger partial charge is 0.122 e. The maximum Gasteiger partial charge on any atom is 0.122 e. The number of aromatic hydroxyl groups is 1. The van der Waals surface area contributed by atoms with Crippen molar-refractivity contribution in [2.45, 2.75) is 58.8 Å². The monoisotopic (exact) mass is 250 g/mol. The molecule has 102 valence electrons. The second-order valence-corrected chi connectivity index (χ2v) is 6.10.